The van der Waals surface area contributed by atoms with Gasteiger partial charge in [-0.2, -0.15) is 0 Å². The summed E-state index contributed by atoms with van der Waals surface area (Å²) in [4.78, 5) is 12.9. The molecule has 0 bridgehead atoms. The van der Waals surface area contributed by atoms with Crippen LogP contribution >= 0.6 is 0 Å². The summed E-state index contributed by atoms with van der Waals surface area (Å²) in [6.45, 7) is 5.60. The summed E-state index contributed by atoms with van der Waals surface area (Å²) in [7, 11) is -3.42. The van der Waals surface area contributed by atoms with E-state index in [4.69, 9.17) is 0 Å². The van der Waals surface area contributed by atoms with Crippen molar-refractivity contribution in [2.24, 2.45) is 0 Å². The van der Waals surface area contributed by atoms with Crippen molar-refractivity contribution in [3.8, 4) is 0 Å². The Hall–Kier alpha value is -3.00. The van der Waals surface area contributed by atoms with Gasteiger partial charge in [-0.15, -0.1) is 10.2 Å². The van der Waals surface area contributed by atoms with Gasteiger partial charge in [0.15, 0.2) is 15.5 Å². The summed E-state index contributed by atoms with van der Waals surface area (Å²) in [6, 6.07) is 12.2. The summed E-state index contributed by atoms with van der Waals surface area (Å²) in [6.07, 6.45) is 1.16. The molecule has 2 aromatic carbocycles. The van der Waals surface area contributed by atoms with Gasteiger partial charge in [0.05, 0.1) is 16.1 Å². The maximum atomic E-state index is 12.7. The van der Waals surface area contributed by atoms with Gasteiger partial charge in [-0.25, -0.2) is 8.42 Å². The molecule has 0 saturated heterocycles. The topological polar surface area (TPSA) is 101 Å². The maximum absolute atomic E-state index is 12.7. The Morgan fingerprint density at radius 1 is 1.07 bits per heavy atom. The summed E-state index contributed by atoms with van der Waals surface area (Å²) < 4.78 is 24.2. The number of carbonyl (C=O) groups excluding carboxylic acids is 1. The zero-order valence-corrected chi connectivity index (χ0v) is 17.0. The lowest BCUT2D eigenvalue weighted by Gasteiger charge is -2.19. The second-order valence-corrected chi connectivity index (χ2v) is 8.91. The lowest BCUT2D eigenvalue weighted by Crippen LogP contribution is -2.18. The monoisotopic (exact) mass is 398 g/mol. The first kappa shape index (κ1) is 19.8. The van der Waals surface area contributed by atoms with Crippen LogP contribution in [0.2, 0.25) is 0 Å². The summed E-state index contributed by atoms with van der Waals surface area (Å²) in [5.41, 5.74) is 2.52. The van der Waals surface area contributed by atoms with E-state index >= 15 is 0 Å². The van der Waals surface area contributed by atoms with Crippen molar-refractivity contribution in [2.75, 3.05) is 16.9 Å². The number of nitrogens with one attached hydrogen (secondary N) is 2. The fourth-order valence-corrected chi connectivity index (χ4v) is 3.78. The summed E-state index contributed by atoms with van der Waals surface area (Å²) >= 11 is 0. The van der Waals surface area contributed by atoms with E-state index in [0.29, 0.717) is 22.5 Å². The van der Waals surface area contributed by atoms with Crippen LogP contribution < -0.4 is 10.6 Å². The molecular weight excluding hydrogens is 376 g/mol. The van der Waals surface area contributed by atoms with Crippen molar-refractivity contribution in [3.63, 3.8) is 0 Å². The smallest absolute Gasteiger partial charge is 0.276 e. The van der Waals surface area contributed by atoms with Gasteiger partial charge in [0, 0.05) is 23.4 Å². The molecule has 146 valence electrons. The van der Waals surface area contributed by atoms with Crippen molar-refractivity contribution in [3.05, 3.63) is 53.7 Å². The third kappa shape index (κ3) is 4.12. The molecule has 1 aromatic heterocycles. The molecule has 0 fully saturated rings. The van der Waals surface area contributed by atoms with Crippen LogP contribution in [0.4, 0.5) is 11.4 Å². The maximum Gasteiger partial charge on any atom is 0.276 e. The Morgan fingerprint density at radius 3 is 2.46 bits per heavy atom. The third-order valence-electron chi connectivity index (χ3n) is 4.23. The third-order valence-corrected chi connectivity index (χ3v) is 5.37. The minimum Gasteiger partial charge on any atom is -0.382 e. The Labute approximate surface area is 164 Å². The van der Waals surface area contributed by atoms with Gasteiger partial charge >= 0.3 is 0 Å². The van der Waals surface area contributed by atoms with Gasteiger partial charge in [-0.1, -0.05) is 18.2 Å². The van der Waals surface area contributed by atoms with Crippen LogP contribution in [0.15, 0.2) is 47.4 Å². The van der Waals surface area contributed by atoms with Crippen LogP contribution in [-0.4, -0.2) is 36.8 Å². The zero-order chi connectivity index (χ0) is 20.5. The summed E-state index contributed by atoms with van der Waals surface area (Å²) in [5.74, 6) is -0.413. The molecule has 1 amide bonds. The highest BCUT2D eigenvalue weighted by molar-refractivity contribution is 7.90. The number of benzene rings is 2. The number of carbonyl (C=O) groups is 1. The molecule has 0 saturated carbocycles. The second kappa shape index (κ2) is 7.55. The first-order valence-corrected chi connectivity index (χ1v) is 10.7. The highest BCUT2D eigenvalue weighted by Crippen LogP contribution is 2.32. The number of amides is 1. The Bertz CT molecular complexity index is 1160. The number of anilines is 2. The van der Waals surface area contributed by atoms with E-state index in [1.165, 1.54) is 6.07 Å². The van der Waals surface area contributed by atoms with Crippen molar-refractivity contribution in [1.82, 2.24) is 10.2 Å². The number of aromatic nitrogens is 2. The minimum atomic E-state index is -3.42. The normalized spacial score (nSPS) is 11.6. The van der Waals surface area contributed by atoms with Crippen molar-refractivity contribution in [1.29, 1.82) is 0 Å². The fraction of sp³-hybridized carbons (Fsp3) is 0.250. The van der Waals surface area contributed by atoms with Crippen molar-refractivity contribution < 1.29 is 13.2 Å². The van der Waals surface area contributed by atoms with Crippen LogP contribution in [0.3, 0.4) is 0 Å². The number of fused-ring (bicyclic) bond motifs is 1. The molecule has 0 aliphatic carbocycles. The van der Waals surface area contributed by atoms with Gasteiger partial charge in [0.1, 0.15) is 0 Å². The second-order valence-electron chi connectivity index (χ2n) is 6.92. The standard InChI is InChI=1S/C20H22N4O3S/c1-12(2)21-19-13(3)15(9-10-18(19)28(4,26)27)22-20(25)17-11-14-7-5-6-8-16(14)23-24-17/h5-12,21H,1-4H3,(H,22,25). The first-order valence-electron chi connectivity index (χ1n) is 8.81. The van der Waals surface area contributed by atoms with Crippen LogP contribution in [0.25, 0.3) is 10.9 Å². The molecule has 2 N–H and O–H groups in total. The lowest BCUT2D eigenvalue weighted by atomic mass is 10.1. The Balaban J connectivity index is 1.97. The summed E-state index contributed by atoms with van der Waals surface area (Å²) in [5, 5.41) is 14.8. The van der Waals surface area contributed by atoms with Gasteiger partial charge < -0.3 is 10.6 Å². The number of sulfone groups is 1. The predicted molar refractivity (Wildman–Crippen MR) is 111 cm³/mol. The highest BCUT2D eigenvalue weighted by Gasteiger charge is 2.20. The van der Waals surface area contributed by atoms with E-state index in [0.717, 1.165) is 11.6 Å². The van der Waals surface area contributed by atoms with Gasteiger partial charge in [0.25, 0.3) is 5.91 Å². The minimum absolute atomic E-state index is 0.0245. The highest BCUT2D eigenvalue weighted by atomic mass is 32.2. The lowest BCUT2D eigenvalue weighted by molar-refractivity contribution is 0.102. The molecule has 0 aliphatic rings. The number of hydrogen-bond donors (Lipinski definition) is 2. The molecule has 0 radical (unpaired) electrons. The van der Waals surface area contributed by atoms with Crippen molar-refractivity contribution >= 4 is 38.0 Å². The van der Waals surface area contributed by atoms with E-state index in [1.807, 2.05) is 38.1 Å². The van der Waals surface area contributed by atoms with Gasteiger partial charge in [-0.3, -0.25) is 4.79 Å². The van der Waals surface area contributed by atoms with Crippen LogP contribution in [0.1, 0.15) is 29.9 Å². The zero-order valence-electron chi connectivity index (χ0n) is 16.1. The molecule has 7 nitrogen and oxygen atoms in total. The Kier molecular flexibility index (Phi) is 5.33. The number of nitrogens with zero attached hydrogens (tertiary/aromatic N) is 2. The van der Waals surface area contributed by atoms with Crippen molar-refractivity contribution in [2.45, 2.75) is 31.7 Å². The van der Waals surface area contributed by atoms with E-state index in [9.17, 15) is 13.2 Å². The molecule has 0 atom stereocenters. The van der Waals surface area contributed by atoms with Crippen LogP contribution in [0, 0.1) is 6.92 Å². The van der Waals surface area contributed by atoms with Crippen LogP contribution in [0.5, 0.6) is 0 Å². The quantitative estimate of drug-likeness (QED) is 0.683. The Morgan fingerprint density at radius 2 is 1.79 bits per heavy atom. The fourth-order valence-electron chi connectivity index (χ4n) is 2.88. The first-order chi connectivity index (χ1) is 13.2. The van der Waals surface area contributed by atoms with E-state index < -0.39 is 15.7 Å². The molecule has 28 heavy (non-hydrogen) atoms. The van der Waals surface area contributed by atoms with E-state index in [2.05, 4.69) is 20.8 Å². The SMILES string of the molecule is Cc1c(NC(=O)c2cc3ccccc3nn2)ccc(S(C)(=O)=O)c1NC(C)C. The average molecular weight is 398 g/mol. The average Bonchev–Trinajstić information content (AvgIpc) is 2.63. The largest absolute Gasteiger partial charge is 0.382 e. The molecule has 3 rings (SSSR count). The molecule has 8 heteroatoms. The molecule has 0 unspecified atom stereocenters. The molecule has 3 aromatic rings. The van der Waals surface area contributed by atoms with Gasteiger partial charge in [-0.05, 0) is 50.6 Å². The van der Waals surface area contributed by atoms with Gasteiger partial charge in [0.2, 0.25) is 0 Å². The van der Waals surface area contributed by atoms with Crippen LogP contribution in [-0.2, 0) is 9.84 Å². The van der Waals surface area contributed by atoms with E-state index in [1.54, 1.807) is 19.1 Å². The molecule has 0 aliphatic heterocycles. The molecule has 0 spiro atoms. The predicted octanol–water partition coefficient (Wildman–Crippen LogP) is 3.41. The molecular formula is C20H22N4O3S. The number of rotatable bonds is 5. The van der Waals surface area contributed by atoms with E-state index in [-0.39, 0.29) is 16.6 Å². The molecule has 1 heterocycles. The number of hydrogen-bond acceptors (Lipinski definition) is 6.